The Bertz CT molecular complexity index is 777. The van der Waals surface area contributed by atoms with Gasteiger partial charge in [-0.05, 0) is 43.8 Å². The molecule has 0 aromatic heterocycles. The van der Waals surface area contributed by atoms with Crippen molar-refractivity contribution in [1.29, 1.82) is 0 Å². The smallest absolute Gasteiger partial charge is 0.175 e. The van der Waals surface area contributed by atoms with Crippen molar-refractivity contribution in [3.63, 3.8) is 0 Å². The van der Waals surface area contributed by atoms with E-state index in [1.807, 2.05) is 48.5 Å². The van der Waals surface area contributed by atoms with Crippen LogP contribution in [0.5, 0.6) is 11.5 Å². The summed E-state index contributed by atoms with van der Waals surface area (Å²) >= 11 is 0. The molecule has 0 radical (unpaired) electrons. The Morgan fingerprint density at radius 2 is 1.39 bits per heavy atom. The van der Waals surface area contributed by atoms with Crippen molar-refractivity contribution < 1.29 is 13.9 Å². The van der Waals surface area contributed by atoms with Crippen LogP contribution in [0.4, 0.5) is 11.4 Å². The summed E-state index contributed by atoms with van der Waals surface area (Å²) in [6.07, 6.45) is 0.938. The average molecular weight is 417 g/mol. The number of hydrogen-bond donors (Lipinski definition) is 2. The van der Waals surface area contributed by atoms with Gasteiger partial charge in [-0.2, -0.15) is 0 Å². The molecule has 1 heterocycles. The van der Waals surface area contributed by atoms with E-state index < -0.39 is 21.0 Å². The summed E-state index contributed by atoms with van der Waals surface area (Å²) in [5, 5.41) is 0. The lowest BCUT2D eigenvalue weighted by atomic mass is 10.0. The van der Waals surface area contributed by atoms with E-state index in [1.54, 1.807) is 0 Å². The molecule has 0 bridgehead atoms. The van der Waals surface area contributed by atoms with Crippen LogP contribution in [0.1, 0.15) is 6.42 Å². The van der Waals surface area contributed by atoms with E-state index >= 15 is 0 Å². The number of nitrogen functional groups attached to an aromatic ring is 2. The van der Waals surface area contributed by atoms with Crippen LogP contribution < -0.4 is 20.9 Å². The highest BCUT2D eigenvalue weighted by atomic mass is 29.3. The van der Waals surface area contributed by atoms with Gasteiger partial charge in [-0.1, -0.05) is 31.3 Å². The van der Waals surface area contributed by atoms with Crippen LogP contribution in [0.15, 0.2) is 48.5 Å². The zero-order valence-electron chi connectivity index (χ0n) is 17.3. The maximum absolute atomic E-state index is 6.87. The molecule has 4 N–H and O–H groups in total. The monoisotopic (exact) mass is 416 g/mol. The summed E-state index contributed by atoms with van der Waals surface area (Å²) in [4.78, 5) is 0. The van der Waals surface area contributed by atoms with Crippen LogP contribution in [0.2, 0.25) is 32.2 Å². The van der Waals surface area contributed by atoms with Gasteiger partial charge in [0.2, 0.25) is 0 Å². The Hall–Kier alpha value is -1.97. The average Bonchev–Trinajstić information content (AvgIpc) is 2.62. The Morgan fingerprint density at radius 1 is 0.893 bits per heavy atom. The minimum Gasteiger partial charge on any atom is -0.490 e. The summed E-state index contributed by atoms with van der Waals surface area (Å²) < 4.78 is 19.1. The summed E-state index contributed by atoms with van der Waals surface area (Å²) in [6.45, 7) is 10.5. The minimum absolute atomic E-state index is 0.444. The number of nitrogens with two attached hydrogens (primary N) is 2. The lowest BCUT2D eigenvalue weighted by Gasteiger charge is -2.51. The minimum atomic E-state index is -1.82. The fraction of sp³-hybridized carbons (Fsp3) is 0.429. The van der Waals surface area contributed by atoms with E-state index in [2.05, 4.69) is 26.2 Å². The third kappa shape index (κ3) is 4.71. The maximum Gasteiger partial charge on any atom is 0.175 e. The number of benzene rings is 2. The Labute approximate surface area is 169 Å². The molecule has 28 heavy (non-hydrogen) atoms. The highest BCUT2D eigenvalue weighted by molar-refractivity contribution is 7.38. The second kappa shape index (κ2) is 7.81. The quantitative estimate of drug-likeness (QED) is 0.537. The zero-order valence-corrected chi connectivity index (χ0v) is 19.3. The molecule has 0 saturated carbocycles. The number of rotatable bonds is 6. The van der Waals surface area contributed by atoms with Gasteiger partial charge in [-0.3, -0.25) is 0 Å². The first-order valence-corrected chi connectivity index (χ1v) is 16.9. The normalized spacial score (nSPS) is 19.7. The summed E-state index contributed by atoms with van der Waals surface area (Å²) in [5.74, 6) is 1.52. The molecule has 0 amide bonds. The van der Waals surface area contributed by atoms with Crippen molar-refractivity contribution in [3.05, 3.63) is 48.5 Å². The molecule has 7 heteroatoms. The Kier molecular flexibility index (Phi) is 5.79. The summed E-state index contributed by atoms with van der Waals surface area (Å²) in [6, 6.07) is 16.3. The molecule has 0 aliphatic carbocycles. The third-order valence-electron chi connectivity index (χ3n) is 6.03. The fourth-order valence-electron chi connectivity index (χ4n) is 3.46. The lowest BCUT2D eigenvalue weighted by molar-refractivity contribution is -0.0294. The first-order valence-electron chi connectivity index (χ1n) is 9.78. The molecular formula is C21H32N2O3Si2. The van der Waals surface area contributed by atoms with E-state index in [0.717, 1.165) is 17.9 Å². The van der Waals surface area contributed by atoms with Crippen LogP contribution in [-0.2, 0) is 4.43 Å². The lowest BCUT2D eigenvalue weighted by Crippen LogP contribution is -2.67. The maximum atomic E-state index is 6.87. The molecule has 1 saturated heterocycles. The molecule has 152 valence electrons. The van der Waals surface area contributed by atoms with Gasteiger partial charge in [0.05, 0.1) is 7.59 Å². The van der Waals surface area contributed by atoms with Gasteiger partial charge in [0.15, 0.2) is 7.83 Å². The van der Waals surface area contributed by atoms with Crippen molar-refractivity contribution in [2.45, 2.75) is 44.3 Å². The second-order valence-electron chi connectivity index (χ2n) is 8.90. The molecule has 1 fully saturated rings. The van der Waals surface area contributed by atoms with Gasteiger partial charge in [-0.25, -0.2) is 0 Å². The fourth-order valence-corrected chi connectivity index (χ4v) is 10.4. The van der Waals surface area contributed by atoms with Gasteiger partial charge in [0.25, 0.3) is 0 Å². The predicted molar refractivity (Wildman–Crippen MR) is 121 cm³/mol. The topological polar surface area (TPSA) is 79.7 Å². The SMILES string of the molecule is C[Si]1(C)CCC(COc2cccc(N)c2)(COc2cccc(N)c2)O[Si]1(C)C. The standard InChI is InChI=1S/C21H32N2O3Si2/c1-27(2)12-11-21(26-28(27,3)4,15-24-19-9-5-7-17(22)13-19)16-25-20-10-6-8-18(23)14-20/h5-10,13-14H,11-12,15-16,22-23H2,1-4H3. The Morgan fingerprint density at radius 3 is 1.82 bits per heavy atom. The molecule has 5 nitrogen and oxygen atoms in total. The largest absolute Gasteiger partial charge is 0.490 e. The van der Waals surface area contributed by atoms with Crippen molar-refractivity contribution in [3.8, 4) is 11.5 Å². The molecule has 0 spiro atoms. The van der Waals surface area contributed by atoms with Crippen LogP contribution in [0.25, 0.3) is 0 Å². The third-order valence-corrected chi connectivity index (χ3v) is 22.6. The molecule has 1 aliphatic heterocycles. The van der Waals surface area contributed by atoms with Crippen molar-refractivity contribution >= 4 is 26.8 Å². The molecule has 1 aliphatic rings. The number of anilines is 2. The molecule has 0 unspecified atom stereocenters. The van der Waals surface area contributed by atoms with E-state index in [-0.39, 0.29) is 0 Å². The van der Waals surface area contributed by atoms with Gasteiger partial charge >= 0.3 is 0 Å². The number of hydrogen-bond acceptors (Lipinski definition) is 5. The first kappa shape index (κ1) is 20.8. The van der Waals surface area contributed by atoms with Gasteiger partial charge in [-0.15, -0.1) is 0 Å². The summed E-state index contributed by atoms with van der Waals surface area (Å²) in [7, 11) is -3.20. The van der Waals surface area contributed by atoms with Crippen molar-refractivity contribution in [1.82, 2.24) is 0 Å². The van der Waals surface area contributed by atoms with Crippen LogP contribution in [0, 0.1) is 0 Å². The van der Waals surface area contributed by atoms with Crippen LogP contribution in [0.3, 0.4) is 0 Å². The van der Waals surface area contributed by atoms with Gasteiger partial charge in [0.1, 0.15) is 30.3 Å². The van der Waals surface area contributed by atoms with E-state index in [1.165, 1.54) is 6.04 Å². The van der Waals surface area contributed by atoms with Crippen LogP contribution >= 0.6 is 0 Å². The van der Waals surface area contributed by atoms with Crippen molar-refractivity contribution in [2.24, 2.45) is 0 Å². The van der Waals surface area contributed by atoms with E-state index in [4.69, 9.17) is 25.4 Å². The van der Waals surface area contributed by atoms with Crippen LogP contribution in [-0.4, -0.2) is 34.2 Å². The Balaban J connectivity index is 1.79. The highest BCUT2D eigenvalue weighted by Gasteiger charge is 2.53. The first-order chi connectivity index (χ1) is 13.1. The summed E-state index contributed by atoms with van der Waals surface area (Å²) in [5.41, 5.74) is 12.7. The van der Waals surface area contributed by atoms with E-state index in [0.29, 0.717) is 24.6 Å². The van der Waals surface area contributed by atoms with Gasteiger partial charge in [0, 0.05) is 23.5 Å². The zero-order chi connectivity index (χ0) is 20.4. The van der Waals surface area contributed by atoms with Gasteiger partial charge < -0.3 is 25.4 Å². The molecule has 2 aromatic rings. The second-order valence-corrected chi connectivity index (χ2v) is 24.1. The predicted octanol–water partition coefficient (Wildman–Crippen LogP) is 4.46. The highest BCUT2D eigenvalue weighted by Crippen LogP contribution is 2.40. The molecule has 3 rings (SSSR count). The molecular weight excluding hydrogens is 384 g/mol. The molecule has 0 atom stereocenters. The number of ether oxygens (including phenoxy) is 2. The van der Waals surface area contributed by atoms with Crippen molar-refractivity contribution in [2.75, 3.05) is 24.7 Å². The van der Waals surface area contributed by atoms with E-state index in [9.17, 15) is 0 Å². The molecule has 2 aromatic carbocycles.